The number of fused-ring (bicyclic) bond motifs is 1. The van der Waals surface area contributed by atoms with Crippen LogP contribution in [0.5, 0.6) is 0 Å². The Labute approximate surface area is 202 Å². The van der Waals surface area contributed by atoms with E-state index in [2.05, 4.69) is 51.0 Å². The SMILES string of the molecule is O=C(NO)C1C#CC1c1ccc(CN(CCc2cnc3ccccc3c2)Cc2nccs2)cc1. The van der Waals surface area contributed by atoms with E-state index < -0.39 is 11.8 Å². The lowest BCUT2D eigenvalue weighted by Gasteiger charge is -2.24. The van der Waals surface area contributed by atoms with Crippen LogP contribution in [0.4, 0.5) is 0 Å². The van der Waals surface area contributed by atoms with Crippen LogP contribution in [0.15, 0.2) is 72.4 Å². The molecule has 2 aromatic carbocycles. The molecule has 2 aromatic heterocycles. The zero-order valence-electron chi connectivity index (χ0n) is 18.5. The van der Waals surface area contributed by atoms with Crippen molar-refractivity contribution in [1.29, 1.82) is 0 Å². The largest absolute Gasteiger partial charge is 0.292 e. The van der Waals surface area contributed by atoms with E-state index in [9.17, 15) is 4.79 Å². The molecular weight excluding hydrogens is 444 g/mol. The maximum absolute atomic E-state index is 11.7. The van der Waals surface area contributed by atoms with Crippen molar-refractivity contribution >= 4 is 28.1 Å². The van der Waals surface area contributed by atoms with Gasteiger partial charge >= 0.3 is 0 Å². The molecule has 2 N–H and O–H groups in total. The topological polar surface area (TPSA) is 78.4 Å². The van der Waals surface area contributed by atoms with Crippen LogP contribution < -0.4 is 5.48 Å². The number of thiazole rings is 1. The number of rotatable bonds is 9. The number of amides is 1. The fourth-order valence-corrected chi connectivity index (χ4v) is 4.84. The third-order valence-corrected chi connectivity index (χ3v) is 6.84. The quantitative estimate of drug-likeness (QED) is 0.219. The van der Waals surface area contributed by atoms with E-state index in [1.807, 2.05) is 48.1 Å². The van der Waals surface area contributed by atoms with Gasteiger partial charge in [0.15, 0.2) is 0 Å². The first-order valence-electron chi connectivity index (χ1n) is 11.2. The highest BCUT2D eigenvalue weighted by Gasteiger charge is 2.32. The van der Waals surface area contributed by atoms with Crippen LogP contribution in [-0.4, -0.2) is 32.5 Å². The zero-order chi connectivity index (χ0) is 23.3. The molecule has 4 aromatic rings. The van der Waals surface area contributed by atoms with Crippen LogP contribution >= 0.6 is 11.3 Å². The second-order valence-electron chi connectivity index (χ2n) is 8.38. The van der Waals surface area contributed by atoms with Crippen LogP contribution in [0.2, 0.25) is 0 Å². The third kappa shape index (κ3) is 5.00. The van der Waals surface area contributed by atoms with Crippen molar-refractivity contribution in [3.8, 4) is 11.8 Å². The number of benzene rings is 2. The number of hydrogen-bond donors (Lipinski definition) is 2. The number of carbonyl (C=O) groups is 1. The second-order valence-corrected chi connectivity index (χ2v) is 9.36. The first-order chi connectivity index (χ1) is 16.7. The molecule has 0 bridgehead atoms. The molecule has 0 fully saturated rings. The summed E-state index contributed by atoms with van der Waals surface area (Å²) in [7, 11) is 0. The van der Waals surface area contributed by atoms with Gasteiger partial charge in [0.1, 0.15) is 10.9 Å². The Hall–Kier alpha value is -3.57. The van der Waals surface area contributed by atoms with Crippen molar-refractivity contribution in [1.82, 2.24) is 20.3 Å². The molecule has 1 aliphatic rings. The van der Waals surface area contributed by atoms with Crippen molar-refractivity contribution in [3.05, 3.63) is 94.1 Å². The summed E-state index contributed by atoms with van der Waals surface area (Å²) in [6, 6.07) is 18.6. The lowest BCUT2D eigenvalue weighted by molar-refractivity contribution is -0.132. The zero-order valence-corrected chi connectivity index (χ0v) is 19.3. The molecule has 2 unspecified atom stereocenters. The summed E-state index contributed by atoms with van der Waals surface area (Å²) in [6.07, 6.45) is 4.72. The first kappa shape index (κ1) is 22.2. The fraction of sp³-hybridized carbons (Fsp3) is 0.222. The lowest BCUT2D eigenvalue weighted by Crippen LogP contribution is -2.34. The molecule has 0 saturated carbocycles. The number of hydrogen-bond acceptors (Lipinski definition) is 6. The Morgan fingerprint density at radius 1 is 1.06 bits per heavy atom. The Bertz CT molecular complexity index is 1340. The molecule has 2 heterocycles. The Balaban J connectivity index is 1.27. The van der Waals surface area contributed by atoms with Gasteiger partial charge in [-0.05, 0) is 35.2 Å². The normalized spacial score (nSPS) is 16.6. The summed E-state index contributed by atoms with van der Waals surface area (Å²) in [6.45, 7) is 2.46. The Morgan fingerprint density at radius 2 is 1.91 bits per heavy atom. The van der Waals surface area contributed by atoms with Gasteiger partial charge in [0.25, 0.3) is 5.91 Å². The van der Waals surface area contributed by atoms with E-state index in [1.54, 1.807) is 16.8 Å². The van der Waals surface area contributed by atoms with E-state index in [-0.39, 0.29) is 5.92 Å². The number of para-hydroxylation sites is 1. The molecule has 7 heteroatoms. The maximum Gasteiger partial charge on any atom is 0.260 e. The molecule has 6 nitrogen and oxygen atoms in total. The first-order valence-corrected chi connectivity index (χ1v) is 12.1. The molecule has 0 spiro atoms. The van der Waals surface area contributed by atoms with Crippen LogP contribution in [0, 0.1) is 17.8 Å². The fourth-order valence-electron chi connectivity index (χ4n) is 4.18. The third-order valence-electron chi connectivity index (χ3n) is 6.07. The standard InChI is InChI=1S/C27H24N4O2S/c32-27(30-33)24-10-9-23(24)21-7-5-19(6-8-21)17-31(18-26-28-12-14-34-26)13-11-20-15-22-3-1-2-4-25(22)29-16-20/h1-8,12,14-16,23-24,33H,11,13,17-18H2,(H,30,32). The van der Waals surface area contributed by atoms with E-state index in [0.717, 1.165) is 47.5 Å². The number of carbonyl (C=O) groups excluding carboxylic acids is 1. The maximum atomic E-state index is 11.7. The van der Waals surface area contributed by atoms with Gasteiger partial charge in [-0.2, -0.15) is 0 Å². The summed E-state index contributed by atoms with van der Waals surface area (Å²) in [5.74, 6) is 4.72. The van der Waals surface area contributed by atoms with Crippen LogP contribution in [0.1, 0.15) is 27.6 Å². The van der Waals surface area contributed by atoms with Crippen LogP contribution in [-0.2, 0) is 24.3 Å². The molecule has 5 rings (SSSR count). The number of pyridine rings is 1. The van der Waals surface area contributed by atoms with Gasteiger partial charge in [-0.3, -0.25) is 19.9 Å². The van der Waals surface area contributed by atoms with Gasteiger partial charge < -0.3 is 0 Å². The minimum absolute atomic E-state index is 0.173. The minimum Gasteiger partial charge on any atom is -0.292 e. The summed E-state index contributed by atoms with van der Waals surface area (Å²) in [4.78, 5) is 23.2. The van der Waals surface area contributed by atoms with Crippen molar-refractivity contribution in [2.24, 2.45) is 5.92 Å². The van der Waals surface area contributed by atoms with Crippen molar-refractivity contribution in [2.45, 2.75) is 25.4 Å². The molecule has 1 aliphatic carbocycles. The Kier molecular flexibility index (Phi) is 6.63. The van der Waals surface area contributed by atoms with E-state index in [0.29, 0.717) is 0 Å². The summed E-state index contributed by atoms with van der Waals surface area (Å²) in [5, 5.41) is 13.2. The van der Waals surface area contributed by atoms with Crippen molar-refractivity contribution in [3.63, 3.8) is 0 Å². The van der Waals surface area contributed by atoms with E-state index in [1.165, 1.54) is 11.1 Å². The van der Waals surface area contributed by atoms with Crippen LogP contribution in [0.3, 0.4) is 0 Å². The van der Waals surface area contributed by atoms with Gasteiger partial charge in [0.05, 0.1) is 18.0 Å². The highest BCUT2D eigenvalue weighted by molar-refractivity contribution is 7.09. The molecule has 0 saturated heterocycles. The second kappa shape index (κ2) is 10.1. The summed E-state index contributed by atoms with van der Waals surface area (Å²) in [5.41, 5.74) is 6.12. The summed E-state index contributed by atoms with van der Waals surface area (Å²) >= 11 is 1.67. The van der Waals surface area contributed by atoms with Gasteiger partial charge in [-0.1, -0.05) is 54.3 Å². The molecule has 0 radical (unpaired) electrons. The minimum atomic E-state index is -0.493. The van der Waals surface area contributed by atoms with Gasteiger partial charge in [-0.15, -0.1) is 11.3 Å². The monoisotopic (exact) mass is 468 g/mol. The lowest BCUT2D eigenvalue weighted by atomic mass is 9.79. The molecule has 2 atom stereocenters. The van der Waals surface area contributed by atoms with Crippen molar-refractivity contribution < 1.29 is 10.0 Å². The molecule has 1 amide bonds. The number of nitrogens with one attached hydrogen (secondary N) is 1. The molecular formula is C27H24N4O2S. The molecule has 34 heavy (non-hydrogen) atoms. The molecule has 170 valence electrons. The number of aromatic nitrogens is 2. The van der Waals surface area contributed by atoms with E-state index in [4.69, 9.17) is 5.21 Å². The average Bonchev–Trinajstić information content (AvgIpc) is 3.36. The molecule has 0 aliphatic heterocycles. The van der Waals surface area contributed by atoms with Gasteiger partial charge in [0.2, 0.25) is 0 Å². The average molecular weight is 469 g/mol. The number of hydroxylamine groups is 1. The predicted molar refractivity (Wildman–Crippen MR) is 132 cm³/mol. The van der Waals surface area contributed by atoms with E-state index >= 15 is 0 Å². The predicted octanol–water partition coefficient (Wildman–Crippen LogP) is 4.16. The van der Waals surface area contributed by atoms with Crippen molar-refractivity contribution in [2.75, 3.05) is 6.54 Å². The highest BCUT2D eigenvalue weighted by Crippen LogP contribution is 2.30. The number of nitrogens with zero attached hydrogens (tertiary/aromatic N) is 3. The smallest absolute Gasteiger partial charge is 0.260 e. The van der Waals surface area contributed by atoms with Gasteiger partial charge in [-0.25, -0.2) is 10.5 Å². The van der Waals surface area contributed by atoms with Crippen LogP contribution in [0.25, 0.3) is 10.9 Å². The highest BCUT2D eigenvalue weighted by atomic mass is 32.1. The summed E-state index contributed by atoms with van der Waals surface area (Å²) < 4.78 is 0. The van der Waals surface area contributed by atoms with Gasteiger partial charge in [0, 0.05) is 36.2 Å². The Morgan fingerprint density at radius 3 is 2.65 bits per heavy atom.